The lowest BCUT2D eigenvalue weighted by Crippen LogP contribution is -2.23. The van der Waals surface area contributed by atoms with Crippen LogP contribution in [0.25, 0.3) is 0 Å². The quantitative estimate of drug-likeness (QED) is 0.212. The Balaban J connectivity index is 0.000000417. The van der Waals surface area contributed by atoms with Gasteiger partial charge < -0.3 is 14.6 Å². The number of rotatable bonds is 12. The van der Waals surface area contributed by atoms with Crippen LogP contribution in [0, 0.1) is 5.92 Å². The molecule has 37 heavy (non-hydrogen) atoms. The van der Waals surface area contributed by atoms with E-state index < -0.39 is 16.8 Å². The molecule has 0 saturated heterocycles. The van der Waals surface area contributed by atoms with Crippen LogP contribution in [0.1, 0.15) is 108 Å². The lowest BCUT2D eigenvalue weighted by atomic mass is 9.90. The predicted octanol–water partition coefficient (Wildman–Crippen LogP) is 9.17. The number of benzene rings is 1. The molecule has 1 heterocycles. The first kappa shape index (κ1) is 33.0. The fourth-order valence-corrected chi connectivity index (χ4v) is 3.83. The molecule has 1 aromatic heterocycles. The summed E-state index contributed by atoms with van der Waals surface area (Å²) in [6, 6.07) is 5.00. The van der Waals surface area contributed by atoms with E-state index in [1.165, 1.54) is 39.0 Å². The molecule has 9 heteroatoms. The monoisotopic (exact) mass is 546 g/mol. The standard InChI is InChI=1S/C19H36N2O2.C9H6ClF3O/c1-7-9-16(11-10-15(3)8-2)17-14-18(23-21-17)20-12-13-22-19(4,5)6;1-5(14)6-2-3-7(8(10)4-6)9(11,12)13/h14-16,20H,7-13H2,1-6H3;2-4H,1H3. The number of ketones is 1. The second-order valence-electron chi connectivity index (χ2n) is 10.3. The largest absolute Gasteiger partial charge is 0.417 e. The summed E-state index contributed by atoms with van der Waals surface area (Å²) >= 11 is 5.39. The van der Waals surface area contributed by atoms with E-state index >= 15 is 0 Å². The summed E-state index contributed by atoms with van der Waals surface area (Å²) < 4.78 is 47.8. The van der Waals surface area contributed by atoms with Gasteiger partial charge >= 0.3 is 6.18 Å². The number of alkyl halides is 3. The molecule has 2 rings (SSSR count). The Morgan fingerprint density at radius 2 is 1.81 bits per heavy atom. The number of anilines is 1. The molecule has 0 aliphatic heterocycles. The topological polar surface area (TPSA) is 64.4 Å². The molecule has 210 valence electrons. The third kappa shape index (κ3) is 12.8. The minimum atomic E-state index is -4.48. The zero-order chi connectivity index (χ0) is 28.2. The molecule has 2 unspecified atom stereocenters. The molecule has 0 aliphatic rings. The maximum Gasteiger partial charge on any atom is 0.417 e. The van der Waals surface area contributed by atoms with Crippen LogP contribution in [0.5, 0.6) is 0 Å². The molecular weight excluding hydrogens is 505 g/mol. The Bertz CT molecular complexity index is 955. The fraction of sp³-hybridized carbons (Fsp3) is 0.643. The van der Waals surface area contributed by atoms with E-state index in [0.29, 0.717) is 12.5 Å². The van der Waals surface area contributed by atoms with E-state index in [0.717, 1.165) is 42.2 Å². The summed E-state index contributed by atoms with van der Waals surface area (Å²) in [5.41, 5.74) is 0.234. The first-order chi connectivity index (χ1) is 17.2. The molecular formula is C28H42ClF3N2O3. The van der Waals surface area contributed by atoms with E-state index in [1.807, 2.05) is 0 Å². The summed E-state index contributed by atoms with van der Waals surface area (Å²) in [5, 5.41) is 7.09. The number of aromatic nitrogens is 1. The van der Waals surface area contributed by atoms with Crippen LogP contribution in [0.15, 0.2) is 28.8 Å². The normalized spacial score (nSPS) is 13.5. The molecule has 0 amide bonds. The first-order valence-electron chi connectivity index (χ1n) is 12.9. The summed E-state index contributed by atoms with van der Waals surface area (Å²) in [6.45, 7) is 15.7. The van der Waals surface area contributed by atoms with Gasteiger partial charge in [-0.05, 0) is 58.6 Å². The molecule has 0 bridgehead atoms. The van der Waals surface area contributed by atoms with Crippen molar-refractivity contribution in [3.8, 4) is 0 Å². The third-order valence-corrected chi connectivity index (χ3v) is 6.22. The summed E-state index contributed by atoms with van der Waals surface area (Å²) in [5.74, 6) is 1.73. The molecule has 0 fully saturated rings. The smallest absolute Gasteiger partial charge is 0.374 e. The van der Waals surface area contributed by atoms with E-state index in [-0.39, 0.29) is 16.9 Å². The molecule has 2 atom stereocenters. The molecule has 1 N–H and O–H groups in total. The van der Waals surface area contributed by atoms with Crippen LogP contribution in [0.2, 0.25) is 5.02 Å². The van der Waals surface area contributed by atoms with Gasteiger partial charge in [-0.25, -0.2) is 0 Å². The van der Waals surface area contributed by atoms with Gasteiger partial charge in [0, 0.05) is 24.1 Å². The van der Waals surface area contributed by atoms with Gasteiger partial charge in [-0.1, -0.05) is 62.9 Å². The highest BCUT2D eigenvalue weighted by Gasteiger charge is 2.33. The van der Waals surface area contributed by atoms with Crippen LogP contribution in [0.4, 0.5) is 19.1 Å². The van der Waals surface area contributed by atoms with Crippen molar-refractivity contribution in [2.75, 3.05) is 18.5 Å². The Hall–Kier alpha value is -2.06. The number of nitrogens with one attached hydrogen (secondary N) is 1. The Morgan fingerprint density at radius 3 is 2.32 bits per heavy atom. The highest BCUT2D eigenvalue weighted by molar-refractivity contribution is 6.31. The lowest BCUT2D eigenvalue weighted by Gasteiger charge is -2.19. The second kappa shape index (κ2) is 15.4. The average Bonchev–Trinajstić information content (AvgIpc) is 3.27. The van der Waals surface area contributed by atoms with Gasteiger partial charge in [0.25, 0.3) is 0 Å². The molecule has 5 nitrogen and oxygen atoms in total. The van der Waals surface area contributed by atoms with Crippen molar-refractivity contribution in [1.82, 2.24) is 5.16 Å². The van der Waals surface area contributed by atoms with Crippen LogP contribution < -0.4 is 5.32 Å². The second-order valence-corrected chi connectivity index (χ2v) is 10.7. The average molecular weight is 547 g/mol. The summed E-state index contributed by atoms with van der Waals surface area (Å²) in [7, 11) is 0. The van der Waals surface area contributed by atoms with Crippen LogP contribution in [-0.2, 0) is 10.9 Å². The van der Waals surface area contributed by atoms with Crippen molar-refractivity contribution in [3.63, 3.8) is 0 Å². The number of hydrogen-bond acceptors (Lipinski definition) is 5. The molecule has 0 saturated carbocycles. The Labute approximate surface area is 224 Å². The van der Waals surface area contributed by atoms with E-state index in [1.54, 1.807) is 0 Å². The number of carbonyl (C=O) groups is 1. The van der Waals surface area contributed by atoms with Crippen LogP contribution >= 0.6 is 11.6 Å². The molecule has 1 aromatic carbocycles. The molecule has 2 aromatic rings. The number of ether oxygens (including phenoxy) is 1. The van der Waals surface area contributed by atoms with Crippen molar-refractivity contribution in [2.24, 2.45) is 5.92 Å². The van der Waals surface area contributed by atoms with Gasteiger partial charge in [0.2, 0.25) is 5.88 Å². The first-order valence-corrected chi connectivity index (χ1v) is 13.3. The van der Waals surface area contributed by atoms with Crippen molar-refractivity contribution in [2.45, 2.75) is 98.3 Å². The summed E-state index contributed by atoms with van der Waals surface area (Å²) in [4.78, 5) is 10.8. The zero-order valence-electron chi connectivity index (χ0n) is 23.1. The fourth-order valence-electron chi connectivity index (χ4n) is 3.54. The lowest BCUT2D eigenvalue weighted by molar-refractivity contribution is -0.137. The van der Waals surface area contributed by atoms with Gasteiger partial charge in [-0.15, -0.1) is 0 Å². The molecule has 0 aliphatic carbocycles. The number of Topliss-reactive ketones (excluding diaryl/α,β-unsaturated/α-hetero) is 1. The number of hydrogen-bond donors (Lipinski definition) is 1. The van der Waals surface area contributed by atoms with E-state index in [2.05, 4.69) is 58.1 Å². The molecule has 0 spiro atoms. The van der Waals surface area contributed by atoms with E-state index in [4.69, 9.17) is 20.9 Å². The summed E-state index contributed by atoms with van der Waals surface area (Å²) in [6.07, 6.45) is 1.58. The maximum absolute atomic E-state index is 12.2. The Kier molecular flexibility index (Phi) is 13.7. The van der Waals surface area contributed by atoms with E-state index in [9.17, 15) is 18.0 Å². The minimum Gasteiger partial charge on any atom is -0.374 e. The minimum absolute atomic E-state index is 0.101. The maximum atomic E-state index is 12.2. The van der Waals surface area contributed by atoms with Gasteiger partial charge in [-0.2, -0.15) is 13.2 Å². The molecule has 0 radical (unpaired) electrons. The van der Waals surface area contributed by atoms with Crippen molar-refractivity contribution < 1.29 is 27.2 Å². The highest BCUT2D eigenvalue weighted by Crippen LogP contribution is 2.35. The van der Waals surface area contributed by atoms with Crippen molar-refractivity contribution in [1.29, 1.82) is 0 Å². The van der Waals surface area contributed by atoms with Gasteiger partial charge in [0.05, 0.1) is 28.5 Å². The number of nitrogens with zero attached hydrogens (tertiary/aromatic N) is 1. The van der Waals surface area contributed by atoms with Crippen LogP contribution in [-0.4, -0.2) is 29.7 Å². The third-order valence-electron chi connectivity index (χ3n) is 5.91. The van der Waals surface area contributed by atoms with Crippen molar-refractivity contribution >= 4 is 23.3 Å². The van der Waals surface area contributed by atoms with Gasteiger partial charge in [0.15, 0.2) is 5.78 Å². The SMILES string of the molecule is CC(=O)c1ccc(C(F)(F)F)c(Cl)c1.CCCC(CCC(C)CC)c1cc(NCCOC(C)(C)C)on1. The van der Waals surface area contributed by atoms with Crippen LogP contribution in [0.3, 0.4) is 0 Å². The van der Waals surface area contributed by atoms with Gasteiger partial charge in [0.1, 0.15) is 0 Å². The number of carbonyl (C=O) groups excluding carboxylic acids is 1. The Morgan fingerprint density at radius 1 is 1.14 bits per heavy atom. The van der Waals surface area contributed by atoms with Gasteiger partial charge in [-0.3, -0.25) is 4.79 Å². The number of halogens is 4. The zero-order valence-corrected chi connectivity index (χ0v) is 23.9. The van der Waals surface area contributed by atoms with Crippen molar-refractivity contribution in [3.05, 3.63) is 46.1 Å². The predicted molar refractivity (Wildman–Crippen MR) is 143 cm³/mol. The highest BCUT2D eigenvalue weighted by atomic mass is 35.5.